The van der Waals surface area contributed by atoms with E-state index in [2.05, 4.69) is 0 Å². The van der Waals surface area contributed by atoms with Crippen molar-refractivity contribution in [2.75, 3.05) is 5.73 Å². The molecule has 0 fully saturated rings. The highest BCUT2D eigenvalue weighted by Crippen LogP contribution is 2.26. The Morgan fingerprint density at radius 2 is 2.33 bits per heavy atom. The summed E-state index contributed by atoms with van der Waals surface area (Å²) in [6.07, 6.45) is 0.579. The molecular formula is C10H12ClNO3. The van der Waals surface area contributed by atoms with Crippen molar-refractivity contribution in [1.82, 2.24) is 0 Å². The molecular weight excluding hydrogens is 218 g/mol. The van der Waals surface area contributed by atoms with E-state index in [9.17, 15) is 4.79 Å². The van der Waals surface area contributed by atoms with Gasteiger partial charge in [-0.2, -0.15) is 0 Å². The first-order chi connectivity index (χ1) is 7.06. The van der Waals surface area contributed by atoms with Crippen LogP contribution in [0, 0.1) is 0 Å². The van der Waals surface area contributed by atoms with E-state index in [1.165, 1.54) is 12.1 Å². The Hall–Kier alpha value is -1.42. The van der Waals surface area contributed by atoms with E-state index in [4.69, 9.17) is 27.2 Å². The Balaban J connectivity index is 3.06. The number of carbonyl (C=O) groups is 1. The van der Waals surface area contributed by atoms with Crippen molar-refractivity contribution in [3.05, 3.63) is 23.8 Å². The molecule has 0 aromatic heterocycles. The maximum atomic E-state index is 10.9. The molecule has 0 saturated carbocycles. The molecule has 5 heteroatoms. The molecule has 0 amide bonds. The molecule has 0 saturated heterocycles. The Morgan fingerprint density at radius 3 is 2.87 bits per heavy atom. The van der Waals surface area contributed by atoms with Gasteiger partial charge in [-0.15, -0.1) is 0 Å². The zero-order valence-corrected chi connectivity index (χ0v) is 8.99. The van der Waals surface area contributed by atoms with Crippen LogP contribution in [0.1, 0.15) is 23.7 Å². The van der Waals surface area contributed by atoms with Gasteiger partial charge in [-0.05, 0) is 18.6 Å². The molecule has 0 radical (unpaired) electrons. The van der Waals surface area contributed by atoms with E-state index in [1.54, 1.807) is 6.07 Å². The van der Waals surface area contributed by atoms with Gasteiger partial charge >= 0.3 is 5.97 Å². The highest BCUT2D eigenvalue weighted by atomic mass is 35.5. The maximum Gasteiger partial charge on any atom is 0.341 e. The van der Waals surface area contributed by atoms with E-state index in [1.807, 2.05) is 6.92 Å². The number of hydrogen-bond donors (Lipinski definition) is 2. The van der Waals surface area contributed by atoms with Crippen LogP contribution in [0.5, 0.6) is 5.75 Å². The van der Waals surface area contributed by atoms with Gasteiger partial charge in [-0.25, -0.2) is 4.79 Å². The van der Waals surface area contributed by atoms with Gasteiger partial charge in [-0.1, -0.05) is 24.6 Å². The van der Waals surface area contributed by atoms with E-state index in [-0.39, 0.29) is 17.0 Å². The lowest BCUT2D eigenvalue weighted by Crippen LogP contribution is -2.12. The van der Waals surface area contributed by atoms with Crippen LogP contribution in [0.15, 0.2) is 18.2 Å². The summed E-state index contributed by atoms with van der Waals surface area (Å²) in [5.74, 6) is -0.924. The Bertz CT molecular complexity index is 368. The van der Waals surface area contributed by atoms with E-state index in [0.717, 1.165) is 0 Å². The minimum absolute atomic E-state index is 0.0448. The van der Waals surface area contributed by atoms with Crippen LogP contribution < -0.4 is 10.5 Å². The third-order valence-electron chi connectivity index (χ3n) is 1.85. The summed E-state index contributed by atoms with van der Waals surface area (Å²) in [5.41, 5.74) is 5.11. The van der Waals surface area contributed by atoms with Crippen molar-refractivity contribution in [1.29, 1.82) is 0 Å². The van der Waals surface area contributed by atoms with Crippen LogP contribution in [0.2, 0.25) is 0 Å². The van der Waals surface area contributed by atoms with Crippen LogP contribution in [-0.2, 0) is 0 Å². The first-order valence-corrected chi connectivity index (χ1v) is 4.92. The largest absolute Gasteiger partial charge is 0.477 e. The third kappa shape index (κ3) is 2.76. The molecule has 0 spiro atoms. The lowest BCUT2D eigenvalue weighted by molar-refractivity contribution is 0.0692. The van der Waals surface area contributed by atoms with Gasteiger partial charge in [0.1, 0.15) is 11.3 Å². The predicted octanol–water partition coefficient (Wildman–Crippen LogP) is 2.32. The van der Waals surface area contributed by atoms with Crippen molar-refractivity contribution in [2.24, 2.45) is 0 Å². The van der Waals surface area contributed by atoms with Crippen LogP contribution in [0.4, 0.5) is 5.69 Å². The van der Waals surface area contributed by atoms with Gasteiger partial charge in [0, 0.05) is 5.69 Å². The summed E-state index contributed by atoms with van der Waals surface area (Å²) in [5, 5.41) is 8.93. The minimum atomic E-state index is -1.12. The number of ether oxygens (including phenoxy) is 1. The molecule has 3 N–H and O–H groups in total. The number of hydrogen-bond acceptors (Lipinski definition) is 3. The fourth-order valence-corrected chi connectivity index (χ4v) is 1.19. The normalized spacial score (nSPS) is 12.1. The number of aromatic carboxylic acids is 1. The minimum Gasteiger partial charge on any atom is -0.477 e. The predicted molar refractivity (Wildman–Crippen MR) is 58.4 cm³/mol. The molecule has 0 aliphatic heterocycles. The van der Waals surface area contributed by atoms with Gasteiger partial charge in [0.25, 0.3) is 0 Å². The summed E-state index contributed by atoms with van der Waals surface area (Å²) < 4.78 is 5.24. The highest BCUT2D eigenvalue weighted by Gasteiger charge is 2.16. The zero-order valence-electron chi connectivity index (χ0n) is 8.24. The van der Waals surface area contributed by atoms with Crippen molar-refractivity contribution in [2.45, 2.75) is 18.9 Å². The average molecular weight is 230 g/mol. The average Bonchev–Trinajstić information content (AvgIpc) is 2.17. The number of carboxylic acid groups (broad SMARTS) is 1. The van der Waals surface area contributed by atoms with Crippen LogP contribution in [0.25, 0.3) is 0 Å². The SMILES string of the molecule is CCC(Cl)Oc1cccc(N)c1C(=O)O. The second kappa shape index (κ2) is 4.89. The fourth-order valence-electron chi connectivity index (χ4n) is 1.10. The number of benzene rings is 1. The van der Waals surface area contributed by atoms with E-state index < -0.39 is 11.5 Å². The van der Waals surface area contributed by atoms with Crippen molar-refractivity contribution >= 4 is 23.3 Å². The van der Waals surface area contributed by atoms with Gasteiger partial charge < -0.3 is 15.6 Å². The third-order valence-corrected chi connectivity index (χ3v) is 2.25. The number of nitrogens with two attached hydrogens (primary N) is 1. The molecule has 1 aromatic rings. The summed E-state index contributed by atoms with van der Waals surface area (Å²) in [6.45, 7) is 1.84. The van der Waals surface area contributed by atoms with Crippen molar-refractivity contribution in [3.8, 4) is 5.75 Å². The molecule has 0 bridgehead atoms. The smallest absolute Gasteiger partial charge is 0.341 e. The number of alkyl halides is 1. The molecule has 82 valence electrons. The lowest BCUT2D eigenvalue weighted by atomic mass is 10.1. The fraction of sp³-hybridized carbons (Fsp3) is 0.300. The standard InChI is InChI=1S/C10H12ClNO3/c1-2-8(11)15-7-5-3-4-6(12)9(7)10(13)14/h3-5,8H,2,12H2,1H3,(H,13,14). The van der Waals surface area contributed by atoms with Gasteiger partial charge in [-0.3, -0.25) is 0 Å². The van der Waals surface area contributed by atoms with Crippen LogP contribution in [-0.4, -0.2) is 16.6 Å². The molecule has 4 nitrogen and oxygen atoms in total. The zero-order chi connectivity index (χ0) is 11.4. The second-order valence-electron chi connectivity index (χ2n) is 2.96. The van der Waals surface area contributed by atoms with E-state index in [0.29, 0.717) is 6.42 Å². The van der Waals surface area contributed by atoms with Gasteiger partial charge in [0.05, 0.1) is 0 Å². The molecule has 1 aromatic carbocycles. The first-order valence-electron chi connectivity index (χ1n) is 4.48. The number of nitrogen functional groups attached to an aromatic ring is 1. The Morgan fingerprint density at radius 1 is 1.67 bits per heavy atom. The van der Waals surface area contributed by atoms with Crippen molar-refractivity contribution in [3.63, 3.8) is 0 Å². The number of anilines is 1. The van der Waals surface area contributed by atoms with Crippen LogP contribution in [0.3, 0.4) is 0 Å². The topological polar surface area (TPSA) is 72.5 Å². The van der Waals surface area contributed by atoms with Crippen molar-refractivity contribution < 1.29 is 14.6 Å². The Kier molecular flexibility index (Phi) is 3.80. The molecule has 0 aliphatic rings. The lowest BCUT2D eigenvalue weighted by Gasteiger charge is -2.13. The molecule has 0 heterocycles. The summed E-state index contributed by atoms with van der Waals surface area (Å²) in [4.78, 5) is 10.9. The highest BCUT2D eigenvalue weighted by molar-refractivity contribution is 6.19. The molecule has 1 unspecified atom stereocenters. The summed E-state index contributed by atoms with van der Waals surface area (Å²) >= 11 is 5.77. The molecule has 1 atom stereocenters. The first kappa shape index (κ1) is 11.7. The van der Waals surface area contributed by atoms with Crippen LogP contribution >= 0.6 is 11.6 Å². The summed E-state index contributed by atoms with van der Waals surface area (Å²) in [6, 6.07) is 4.66. The Labute approximate surface area is 92.6 Å². The van der Waals surface area contributed by atoms with Gasteiger partial charge in [0.15, 0.2) is 5.56 Å². The number of rotatable bonds is 4. The molecule has 15 heavy (non-hydrogen) atoms. The quantitative estimate of drug-likeness (QED) is 0.614. The molecule has 0 aliphatic carbocycles. The van der Waals surface area contributed by atoms with E-state index >= 15 is 0 Å². The monoisotopic (exact) mass is 229 g/mol. The number of halogens is 1. The summed E-state index contributed by atoms with van der Waals surface area (Å²) in [7, 11) is 0. The second-order valence-corrected chi connectivity index (χ2v) is 3.45. The number of carboxylic acids is 1. The molecule has 1 rings (SSSR count). The maximum absolute atomic E-state index is 10.9. The van der Waals surface area contributed by atoms with Gasteiger partial charge in [0.2, 0.25) is 0 Å².